The molecule has 3 aromatic rings. The molecular formula is C16H12BrFN4O. The van der Waals surface area contributed by atoms with Crippen LogP contribution in [0.2, 0.25) is 0 Å². The summed E-state index contributed by atoms with van der Waals surface area (Å²) < 4.78 is 14.2. The molecule has 2 aromatic heterocycles. The van der Waals surface area contributed by atoms with Crippen molar-refractivity contribution in [3.05, 3.63) is 73.8 Å². The normalized spacial score (nSPS) is 11.9. The summed E-state index contributed by atoms with van der Waals surface area (Å²) in [6, 6.07) is 7.44. The van der Waals surface area contributed by atoms with E-state index in [1.807, 2.05) is 0 Å². The van der Waals surface area contributed by atoms with Crippen molar-refractivity contribution in [2.75, 3.05) is 0 Å². The quantitative estimate of drug-likeness (QED) is 0.443. The van der Waals surface area contributed by atoms with Crippen LogP contribution in [0, 0.1) is 18.2 Å². The van der Waals surface area contributed by atoms with Crippen molar-refractivity contribution in [1.29, 1.82) is 5.41 Å². The van der Waals surface area contributed by atoms with Gasteiger partial charge in [0.05, 0.1) is 11.2 Å². The van der Waals surface area contributed by atoms with Gasteiger partial charge in [0.25, 0.3) is 0 Å². The Labute approximate surface area is 138 Å². The largest absolute Gasteiger partial charge is 0.352 e. The summed E-state index contributed by atoms with van der Waals surface area (Å²) in [5.74, 6) is -0.552. The Morgan fingerprint density at radius 3 is 2.78 bits per heavy atom. The van der Waals surface area contributed by atoms with Gasteiger partial charge in [0.1, 0.15) is 11.3 Å². The maximum absolute atomic E-state index is 13.3. The number of fused-ring (bicyclic) bond motifs is 1. The highest BCUT2D eigenvalue weighted by molar-refractivity contribution is 9.10. The zero-order valence-corrected chi connectivity index (χ0v) is 13.7. The maximum Gasteiger partial charge on any atom is 0.193 e. The van der Waals surface area contributed by atoms with Gasteiger partial charge in [-0.05, 0) is 53.2 Å². The number of aromatic amines is 2. The van der Waals surface area contributed by atoms with E-state index in [1.54, 1.807) is 25.3 Å². The minimum absolute atomic E-state index is 0.0793. The van der Waals surface area contributed by atoms with Gasteiger partial charge < -0.3 is 9.97 Å². The second-order valence-electron chi connectivity index (χ2n) is 5.00. The van der Waals surface area contributed by atoms with Gasteiger partial charge in [-0.15, -0.1) is 0 Å². The zero-order valence-electron chi connectivity index (χ0n) is 12.1. The van der Waals surface area contributed by atoms with E-state index in [4.69, 9.17) is 5.41 Å². The summed E-state index contributed by atoms with van der Waals surface area (Å²) in [6.45, 7) is 1.59. The molecule has 7 heteroatoms. The third-order valence-corrected chi connectivity index (χ3v) is 3.92. The van der Waals surface area contributed by atoms with Crippen LogP contribution in [0.1, 0.15) is 11.3 Å². The lowest BCUT2D eigenvalue weighted by atomic mass is 10.1. The SMILES string of the molecule is Cc1c(C(=N)/N=c2/ccc(Br)c[nH]2)[nH]c2ccc(F)cc2c1=O. The molecule has 0 bridgehead atoms. The summed E-state index contributed by atoms with van der Waals surface area (Å²) in [5.41, 5.74) is 1.28. The Hall–Kier alpha value is -2.54. The second kappa shape index (κ2) is 5.92. The summed E-state index contributed by atoms with van der Waals surface area (Å²) in [5, 5.41) is 8.39. The van der Waals surface area contributed by atoms with E-state index in [0.717, 1.165) is 4.47 Å². The molecule has 3 N–H and O–H groups in total. The lowest BCUT2D eigenvalue weighted by molar-refractivity contribution is 0.629. The standard InChI is InChI=1S/C16H12BrFN4O/c1-8-14(16(19)22-13-5-2-9(17)7-20-13)21-12-4-3-10(18)6-11(12)15(8)23/h2-7H,1H3,(H,21,23)(H2,19,20,22). The van der Waals surface area contributed by atoms with Crippen molar-refractivity contribution in [2.24, 2.45) is 4.99 Å². The van der Waals surface area contributed by atoms with Crippen LogP contribution in [0.25, 0.3) is 10.9 Å². The molecule has 3 rings (SSSR count). The molecule has 0 unspecified atom stereocenters. The number of rotatable bonds is 1. The smallest absolute Gasteiger partial charge is 0.193 e. The molecule has 0 saturated heterocycles. The molecule has 0 atom stereocenters. The average molecular weight is 375 g/mol. The fraction of sp³-hybridized carbons (Fsp3) is 0.0625. The maximum atomic E-state index is 13.3. The molecule has 0 fully saturated rings. The van der Waals surface area contributed by atoms with E-state index in [-0.39, 0.29) is 16.7 Å². The van der Waals surface area contributed by atoms with Gasteiger partial charge in [-0.25, -0.2) is 9.38 Å². The number of halogens is 2. The number of pyridine rings is 2. The Bertz CT molecular complexity index is 1030. The first-order valence-electron chi connectivity index (χ1n) is 6.76. The number of benzene rings is 1. The lowest BCUT2D eigenvalue weighted by Gasteiger charge is -2.07. The Balaban J connectivity index is 2.16. The van der Waals surface area contributed by atoms with Gasteiger partial charge in [-0.2, -0.15) is 0 Å². The third-order valence-electron chi connectivity index (χ3n) is 3.43. The zero-order chi connectivity index (χ0) is 16.6. The first-order valence-corrected chi connectivity index (χ1v) is 7.55. The van der Waals surface area contributed by atoms with E-state index in [0.29, 0.717) is 22.3 Å². The summed E-state index contributed by atoms with van der Waals surface area (Å²) in [7, 11) is 0. The van der Waals surface area contributed by atoms with E-state index < -0.39 is 5.82 Å². The summed E-state index contributed by atoms with van der Waals surface area (Å²) in [4.78, 5) is 22.4. The van der Waals surface area contributed by atoms with Gasteiger partial charge in [0, 0.05) is 21.6 Å². The van der Waals surface area contributed by atoms with Gasteiger partial charge in [0.2, 0.25) is 0 Å². The number of nitrogens with one attached hydrogen (secondary N) is 3. The lowest BCUT2D eigenvalue weighted by Crippen LogP contribution is -2.17. The van der Waals surface area contributed by atoms with Crippen LogP contribution in [0.4, 0.5) is 4.39 Å². The minimum Gasteiger partial charge on any atom is -0.352 e. The Morgan fingerprint density at radius 1 is 1.30 bits per heavy atom. The predicted molar refractivity (Wildman–Crippen MR) is 90.1 cm³/mol. The molecule has 0 amide bonds. The topological polar surface area (TPSA) is 84.9 Å². The molecule has 0 spiro atoms. The Kier molecular flexibility index (Phi) is 3.96. The van der Waals surface area contributed by atoms with Gasteiger partial charge in [-0.3, -0.25) is 10.2 Å². The third kappa shape index (κ3) is 3.00. The van der Waals surface area contributed by atoms with Gasteiger partial charge in [0.15, 0.2) is 11.3 Å². The number of amidine groups is 1. The van der Waals surface area contributed by atoms with Crippen molar-refractivity contribution in [3.63, 3.8) is 0 Å². The van der Waals surface area contributed by atoms with Crippen molar-refractivity contribution < 1.29 is 4.39 Å². The fourth-order valence-electron chi connectivity index (χ4n) is 2.24. The molecule has 1 aromatic carbocycles. The van der Waals surface area contributed by atoms with Gasteiger partial charge >= 0.3 is 0 Å². The highest BCUT2D eigenvalue weighted by atomic mass is 79.9. The molecule has 0 radical (unpaired) electrons. The van der Waals surface area contributed by atoms with Crippen LogP contribution in [-0.4, -0.2) is 15.8 Å². The number of nitrogens with zero attached hydrogens (tertiary/aromatic N) is 1. The molecule has 5 nitrogen and oxygen atoms in total. The molecule has 2 heterocycles. The van der Waals surface area contributed by atoms with Crippen LogP contribution in [0.5, 0.6) is 0 Å². The average Bonchev–Trinajstić information content (AvgIpc) is 2.53. The van der Waals surface area contributed by atoms with Crippen LogP contribution < -0.4 is 10.9 Å². The van der Waals surface area contributed by atoms with Crippen molar-refractivity contribution >= 4 is 32.7 Å². The van der Waals surface area contributed by atoms with Crippen molar-refractivity contribution in [2.45, 2.75) is 6.92 Å². The highest BCUT2D eigenvalue weighted by Gasteiger charge is 2.12. The number of hydrogen-bond donors (Lipinski definition) is 3. The number of H-pyrrole nitrogens is 2. The molecule has 0 aliphatic rings. The van der Waals surface area contributed by atoms with Crippen molar-refractivity contribution in [1.82, 2.24) is 9.97 Å². The molecular weight excluding hydrogens is 363 g/mol. The molecule has 0 aliphatic carbocycles. The second-order valence-corrected chi connectivity index (χ2v) is 5.91. The molecule has 23 heavy (non-hydrogen) atoms. The van der Waals surface area contributed by atoms with Crippen LogP contribution in [-0.2, 0) is 0 Å². The predicted octanol–water partition coefficient (Wildman–Crippen LogP) is 2.99. The Morgan fingerprint density at radius 2 is 2.09 bits per heavy atom. The minimum atomic E-state index is -0.473. The van der Waals surface area contributed by atoms with Crippen LogP contribution in [0.3, 0.4) is 0 Å². The molecule has 0 aliphatic heterocycles. The molecule has 116 valence electrons. The monoisotopic (exact) mass is 374 g/mol. The van der Waals surface area contributed by atoms with Crippen LogP contribution >= 0.6 is 15.9 Å². The summed E-state index contributed by atoms with van der Waals surface area (Å²) in [6.07, 6.45) is 1.70. The summed E-state index contributed by atoms with van der Waals surface area (Å²) >= 11 is 3.31. The van der Waals surface area contributed by atoms with Crippen LogP contribution in [0.15, 0.2) is 50.8 Å². The van der Waals surface area contributed by atoms with Gasteiger partial charge in [-0.1, -0.05) is 0 Å². The first-order chi connectivity index (χ1) is 11.0. The van der Waals surface area contributed by atoms with E-state index in [9.17, 15) is 9.18 Å². The highest BCUT2D eigenvalue weighted by Crippen LogP contribution is 2.13. The fourth-order valence-corrected chi connectivity index (χ4v) is 2.48. The van der Waals surface area contributed by atoms with E-state index in [2.05, 4.69) is 30.9 Å². The van der Waals surface area contributed by atoms with E-state index in [1.165, 1.54) is 18.2 Å². The first kappa shape index (κ1) is 15.4. The van der Waals surface area contributed by atoms with Crippen molar-refractivity contribution in [3.8, 4) is 0 Å². The number of aromatic nitrogens is 2. The molecule has 0 saturated carbocycles. The van der Waals surface area contributed by atoms with E-state index >= 15 is 0 Å². The number of hydrogen-bond acceptors (Lipinski definition) is 2.